The normalized spacial score (nSPS) is 11.0. The van der Waals surface area contributed by atoms with Crippen LogP contribution in [0.15, 0.2) is 53.4 Å². The Morgan fingerprint density at radius 3 is 2.36 bits per heavy atom. The summed E-state index contributed by atoms with van der Waals surface area (Å²) in [5.41, 5.74) is 0.423. The highest BCUT2D eigenvalue weighted by Gasteiger charge is 2.16. The molecule has 0 bridgehead atoms. The lowest BCUT2D eigenvalue weighted by Gasteiger charge is -2.13. The topological polar surface area (TPSA) is 64.6 Å². The molecule has 22 heavy (non-hydrogen) atoms. The monoisotopic (exact) mass is 321 g/mol. The van der Waals surface area contributed by atoms with Gasteiger partial charge in [0.15, 0.2) is 0 Å². The summed E-state index contributed by atoms with van der Waals surface area (Å²) in [5.74, 6) is 1.12. The van der Waals surface area contributed by atoms with Crippen molar-refractivity contribution in [2.24, 2.45) is 0 Å². The minimum atomic E-state index is -3.67. The summed E-state index contributed by atoms with van der Waals surface area (Å²) in [4.78, 5) is 0.165. The van der Waals surface area contributed by atoms with E-state index in [-0.39, 0.29) is 4.90 Å². The Morgan fingerprint density at radius 2 is 1.73 bits per heavy atom. The van der Waals surface area contributed by atoms with Crippen LogP contribution in [0.4, 0.5) is 5.69 Å². The van der Waals surface area contributed by atoms with Gasteiger partial charge in [-0.05, 0) is 42.8 Å². The fourth-order valence-electron chi connectivity index (χ4n) is 1.85. The van der Waals surface area contributed by atoms with Crippen molar-refractivity contribution >= 4 is 15.7 Å². The van der Waals surface area contributed by atoms with Crippen LogP contribution in [0.2, 0.25) is 0 Å². The zero-order valence-electron chi connectivity index (χ0n) is 12.6. The predicted octanol–water partition coefficient (Wildman–Crippen LogP) is 3.28. The van der Waals surface area contributed by atoms with E-state index in [9.17, 15) is 8.42 Å². The molecule has 0 atom stereocenters. The molecule has 2 aromatic rings. The van der Waals surface area contributed by atoms with Gasteiger partial charge >= 0.3 is 0 Å². The largest absolute Gasteiger partial charge is 0.497 e. The summed E-state index contributed by atoms with van der Waals surface area (Å²) < 4.78 is 38.0. The van der Waals surface area contributed by atoms with E-state index < -0.39 is 10.0 Å². The van der Waals surface area contributed by atoms with Gasteiger partial charge in [0, 0.05) is 0 Å². The van der Waals surface area contributed by atoms with Gasteiger partial charge in [-0.25, -0.2) is 8.42 Å². The van der Waals surface area contributed by atoms with Gasteiger partial charge in [-0.15, -0.1) is 0 Å². The van der Waals surface area contributed by atoms with Crippen LogP contribution in [-0.4, -0.2) is 22.1 Å². The average molecular weight is 321 g/mol. The van der Waals surface area contributed by atoms with E-state index in [4.69, 9.17) is 9.47 Å². The lowest BCUT2D eigenvalue weighted by molar-refractivity contribution is 0.319. The van der Waals surface area contributed by atoms with E-state index in [0.717, 1.165) is 6.42 Å². The fourth-order valence-corrected chi connectivity index (χ4v) is 2.92. The molecule has 0 amide bonds. The molecule has 118 valence electrons. The van der Waals surface area contributed by atoms with Gasteiger partial charge in [-0.1, -0.05) is 19.1 Å². The van der Waals surface area contributed by atoms with Crippen molar-refractivity contribution in [2.45, 2.75) is 18.2 Å². The maximum Gasteiger partial charge on any atom is 0.262 e. The molecule has 0 unspecified atom stereocenters. The number of anilines is 1. The van der Waals surface area contributed by atoms with Crippen LogP contribution in [0.5, 0.6) is 11.5 Å². The number of para-hydroxylation sites is 2. The molecule has 2 aromatic carbocycles. The first-order chi connectivity index (χ1) is 10.6. The smallest absolute Gasteiger partial charge is 0.262 e. The number of hydrogen-bond acceptors (Lipinski definition) is 4. The molecule has 0 saturated carbocycles. The van der Waals surface area contributed by atoms with Crippen molar-refractivity contribution < 1.29 is 17.9 Å². The van der Waals surface area contributed by atoms with Crippen molar-refractivity contribution in [2.75, 3.05) is 18.4 Å². The quantitative estimate of drug-likeness (QED) is 0.850. The lowest BCUT2D eigenvalue weighted by Crippen LogP contribution is -2.14. The highest BCUT2D eigenvalue weighted by Crippen LogP contribution is 2.27. The second-order valence-corrected chi connectivity index (χ2v) is 6.31. The number of ether oxygens (including phenoxy) is 2. The standard InChI is InChI=1S/C16H19NO4S/c1-3-12-21-16-7-5-4-6-15(16)17-22(18,19)14-10-8-13(20-2)9-11-14/h4-11,17H,3,12H2,1-2H3. The molecular weight excluding hydrogens is 302 g/mol. The second kappa shape index (κ2) is 7.17. The third-order valence-electron chi connectivity index (χ3n) is 2.96. The minimum Gasteiger partial charge on any atom is -0.497 e. The lowest BCUT2D eigenvalue weighted by atomic mass is 10.3. The molecule has 0 aliphatic carbocycles. The summed E-state index contributed by atoms with van der Waals surface area (Å²) in [7, 11) is -2.14. The molecule has 2 rings (SSSR count). The number of rotatable bonds is 7. The summed E-state index contributed by atoms with van der Waals surface area (Å²) in [6, 6.07) is 13.2. The predicted molar refractivity (Wildman–Crippen MR) is 86.0 cm³/mol. The number of methoxy groups -OCH3 is 1. The minimum absolute atomic E-state index is 0.165. The maximum absolute atomic E-state index is 12.4. The van der Waals surface area contributed by atoms with Crippen molar-refractivity contribution in [1.29, 1.82) is 0 Å². The van der Waals surface area contributed by atoms with Gasteiger partial charge in [-0.2, -0.15) is 0 Å². The number of benzene rings is 2. The molecule has 5 nitrogen and oxygen atoms in total. The Kier molecular flexibility index (Phi) is 5.27. The van der Waals surface area contributed by atoms with E-state index in [1.807, 2.05) is 6.92 Å². The third-order valence-corrected chi connectivity index (χ3v) is 4.34. The molecule has 0 aromatic heterocycles. The first kappa shape index (κ1) is 16.2. The van der Waals surface area contributed by atoms with E-state index in [1.54, 1.807) is 36.4 Å². The van der Waals surface area contributed by atoms with Crippen molar-refractivity contribution in [3.05, 3.63) is 48.5 Å². The Balaban J connectivity index is 2.24. The van der Waals surface area contributed by atoms with Gasteiger partial charge in [0.25, 0.3) is 10.0 Å². The van der Waals surface area contributed by atoms with Crippen LogP contribution in [0.1, 0.15) is 13.3 Å². The summed E-state index contributed by atoms with van der Waals surface area (Å²) in [6.45, 7) is 2.52. The zero-order valence-corrected chi connectivity index (χ0v) is 13.4. The SMILES string of the molecule is CCCOc1ccccc1NS(=O)(=O)c1ccc(OC)cc1. The molecule has 0 aliphatic rings. The van der Waals surface area contributed by atoms with Crippen LogP contribution in [0, 0.1) is 0 Å². The van der Waals surface area contributed by atoms with E-state index >= 15 is 0 Å². The number of sulfonamides is 1. The Hall–Kier alpha value is -2.21. The highest BCUT2D eigenvalue weighted by molar-refractivity contribution is 7.92. The fraction of sp³-hybridized carbons (Fsp3) is 0.250. The van der Waals surface area contributed by atoms with Crippen LogP contribution in [0.25, 0.3) is 0 Å². The molecular formula is C16H19NO4S. The second-order valence-electron chi connectivity index (χ2n) is 4.63. The molecule has 1 N–H and O–H groups in total. The van der Waals surface area contributed by atoms with Crippen molar-refractivity contribution in [3.63, 3.8) is 0 Å². The highest BCUT2D eigenvalue weighted by atomic mass is 32.2. The first-order valence-electron chi connectivity index (χ1n) is 6.95. The zero-order chi connectivity index (χ0) is 16.0. The van der Waals surface area contributed by atoms with Crippen LogP contribution in [0.3, 0.4) is 0 Å². The summed E-state index contributed by atoms with van der Waals surface area (Å²) in [6.07, 6.45) is 0.847. The summed E-state index contributed by atoms with van der Waals surface area (Å²) in [5, 5.41) is 0. The number of hydrogen-bond donors (Lipinski definition) is 1. The average Bonchev–Trinajstić information content (AvgIpc) is 2.54. The van der Waals surface area contributed by atoms with Crippen molar-refractivity contribution in [3.8, 4) is 11.5 Å². The van der Waals surface area contributed by atoms with Crippen LogP contribution >= 0.6 is 0 Å². The van der Waals surface area contributed by atoms with Crippen LogP contribution < -0.4 is 14.2 Å². The molecule has 6 heteroatoms. The molecule has 0 radical (unpaired) electrons. The molecule has 0 spiro atoms. The first-order valence-corrected chi connectivity index (χ1v) is 8.44. The Bertz CT molecular complexity index is 711. The van der Waals surface area contributed by atoms with Gasteiger partial charge < -0.3 is 9.47 Å². The summed E-state index contributed by atoms with van der Waals surface area (Å²) >= 11 is 0. The Labute approximate surface area is 130 Å². The molecule has 0 fully saturated rings. The Morgan fingerprint density at radius 1 is 1.05 bits per heavy atom. The van der Waals surface area contributed by atoms with Gasteiger partial charge in [-0.3, -0.25) is 4.72 Å². The van der Waals surface area contributed by atoms with E-state index in [0.29, 0.717) is 23.8 Å². The van der Waals surface area contributed by atoms with Gasteiger partial charge in [0.1, 0.15) is 11.5 Å². The molecule has 0 aliphatic heterocycles. The van der Waals surface area contributed by atoms with E-state index in [2.05, 4.69) is 4.72 Å². The van der Waals surface area contributed by atoms with Gasteiger partial charge in [0.2, 0.25) is 0 Å². The van der Waals surface area contributed by atoms with Gasteiger partial charge in [0.05, 0.1) is 24.3 Å². The maximum atomic E-state index is 12.4. The van der Waals surface area contributed by atoms with Crippen LogP contribution in [-0.2, 0) is 10.0 Å². The molecule has 0 heterocycles. The van der Waals surface area contributed by atoms with Crippen molar-refractivity contribution in [1.82, 2.24) is 0 Å². The third kappa shape index (κ3) is 3.92. The number of nitrogens with one attached hydrogen (secondary N) is 1. The molecule has 0 saturated heterocycles. The van der Waals surface area contributed by atoms with E-state index in [1.165, 1.54) is 19.2 Å².